The summed E-state index contributed by atoms with van der Waals surface area (Å²) in [5.41, 5.74) is 0.338. The van der Waals surface area contributed by atoms with Crippen molar-refractivity contribution in [2.45, 2.75) is 72.7 Å². The first-order valence-corrected chi connectivity index (χ1v) is 9.68. The number of benzene rings is 1. The first-order valence-electron chi connectivity index (χ1n) is 9.68. The lowest BCUT2D eigenvalue weighted by Gasteiger charge is -2.43. The maximum Gasteiger partial charge on any atom is 0.198 e. The lowest BCUT2D eigenvalue weighted by atomic mass is 9.61. The van der Waals surface area contributed by atoms with E-state index >= 15 is 0 Å². The predicted octanol–water partition coefficient (Wildman–Crippen LogP) is 4.95. The first kappa shape index (κ1) is 20.0. The van der Waals surface area contributed by atoms with E-state index in [1.807, 2.05) is 85.7 Å². The van der Waals surface area contributed by atoms with Gasteiger partial charge >= 0.3 is 0 Å². The van der Waals surface area contributed by atoms with E-state index in [2.05, 4.69) is 0 Å². The molecule has 0 bridgehead atoms. The average molecular weight is 369 g/mol. The Kier molecular flexibility index (Phi) is 4.37. The third-order valence-electron chi connectivity index (χ3n) is 5.91. The number of hydrogen-bond donors (Lipinski definition) is 1. The van der Waals surface area contributed by atoms with Gasteiger partial charge in [-0.15, -0.1) is 0 Å². The van der Waals surface area contributed by atoms with E-state index in [4.69, 9.17) is 4.74 Å². The van der Waals surface area contributed by atoms with Crippen LogP contribution in [0, 0.1) is 10.8 Å². The minimum atomic E-state index is -1.22. The molecule has 146 valence electrons. The van der Waals surface area contributed by atoms with Gasteiger partial charge in [0.1, 0.15) is 11.7 Å². The summed E-state index contributed by atoms with van der Waals surface area (Å²) in [6.45, 7) is 16.1. The number of carbonyl (C=O) groups is 1. The van der Waals surface area contributed by atoms with Crippen LogP contribution >= 0.6 is 0 Å². The SMILES string of the molecule is CC(C)=C(c1ccccc1)C12OC1C(O)(C(C)(C)C)C=C(C(C)(C)C)C2=O. The van der Waals surface area contributed by atoms with Gasteiger partial charge in [-0.1, -0.05) is 77.4 Å². The third kappa shape index (κ3) is 2.83. The summed E-state index contributed by atoms with van der Waals surface area (Å²) in [7, 11) is 0. The molecule has 1 saturated heterocycles. The Labute approximate surface area is 163 Å². The number of fused-ring (bicyclic) bond motifs is 1. The Morgan fingerprint density at radius 2 is 1.59 bits per heavy atom. The highest BCUT2D eigenvalue weighted by molar-refractivity contribution is 6.15. The van der Waals surface area contributed by atoms with Crippen molar-refractivity contribution < 1.29 is 14.6 Å². The van der Waals surface area contributed by atoms with Gasteiger partial charge in [-0.3, -0.25) is 4.79 Å². The van der Waals surface area contributed by atoms with Crippen molar-refractivity contribution in [2.75, 3.05) is 0 Å². The van der Waals surface area contributed by atoms with Gasteiger partial charge in [0.15, 0.2) is 11.4 Å². The minimum Gasteiger partial charge on any atom is -0.382 e. The van der Waals surface area contributed by atoms with Gasteiger partial charge in [-0.2, -0.15) is 0 Å². The van der Waals surface area contributed by atoms with Gasteiger partial charge in [0.2, 0.25) is 0 Å². The van der Waals surface area contributed by atoms with Crippen LogP contribution in [0.4, 0.5) is 0 Å². The second kappa shape index (κ2) is 5.89. The molecule has 1 aromatic rings. The number of hydrogen-bond acceptors (Lipinski definition) is 3. The quantitative estimate of drug-likeness (QED) is 0.752. The van der Waals surface area contributed by atoms with Gasteiger partial charge in [0.25, 0.3) is 0 Å². The molecule has 0 aromatic heterocycles. The molecular weight excluding hydrogens is 336 g/mol. The lowest BCUT2D eigenvalue weighted by Crippen LogP contribution is -2.55. The number of allylic oxidation sites excluding steroid dienone is 1. The maximum atomic E-state index is 13.7. The zero-order chi connectivity index (χ0) is 20.4. The second-order valence-corrected chi connectivity index (χ2v) is 10.2. The fourth-order valence-electron chi connectivity index (χ4n) is 4.24. The zero-order valence-electron chi connectivity index (χ0n) is 17.8. The molecule has 3 nitrogen and oxygen atoms in total. The molecule has 0 spiro atoms. The van der Waals surface area contributed by atoms with Crippen LogP contribution < -0.4 is 0 Å². The number of ether oxygens (including phenoxy) is 1. The van der Waals surface area contributed by atoms with Gasteiger partial charge in [-0.05, 0) is 36.3 Å². The standard InChI is InChI=1S/C24H32O3/c1-15(2)18(16-12-10-9-11-13-16)24-19(25)17(21(3,4)5)14-23(26,20(24)27-24)22(6,7)8/h9-14,20,26H,1-8H3. The number of epoxide rings is 1. The van der Waals surface area contributed by atoms with Crippen LogP contribution in [0.3, 0.4) is 0 Å². The van der Waals surface area contributed by atoms with E-state index < -0.39 is 22.7 Å². The summed E-state index contributed by atoms with van der Waals surface area (Å²) >= 11 is 0. The van der Waals surface area contributed by atoms with Crippen molar-refractivity contribution in [1.29, 1.82) is 0 Å². The molecule has 1 aliphatic heterocycles. The summed E-state index contributed by atoms with van der Waals surface area (Å²) in [5, 5.41) is 11.7. The van der Waals surface area contributed by atoms with Crippen molar-refractivity contribution in [2.24, 2.45) is 10.8 Å². The monoisotopic (exact) mass is 368 g/mol. The maximum absolute atomic E-state index is 13.7. The summed E-state index contributed by atoms with van der Waals surface area (Å²) < 4.78 is 6.21. The molecular formula is C24H32O3. The van der Waals surface area contributed by atoms with Gasteiger partial charge in [0.05, 0.1) is 0 Å². The van der Waals surface area contributed by atoms with Crippen molar-refractivity contribution in [3.05, 3.63) is 53.1 Å². The number of rotatable bonds is 2. The third-order valence-corrected chi connectivity index (χ3v) is 5.91. The molecule has 3 unspecified atom stereocenters. The number of Topliss-reactive ketones (excluding diaryl/α,β-unsaturated/α-hetero) is 1. The van der Waals surface area contributed by atoms with E-state index in [-0.39, 0.29) is 11.2 Å². The number of carbonyl (C=O) groups excluding carboxylic acids is 1. The molecule has 0 radical (unpaired) electrons. The average Bonchev–Trinajstić information content (AvgIpc) is 3.27. The van der Waals surface area contributed by atoms with Crippen LogP contribution in [0.5, 0.6) is 0 Å². The van der Waals surface area contributed by atoms with Crippen molar-refractivity contribution in [3.63, 3.8) is 0 Å². The molecule has 1 heterocycles. The molecule has 0 saturated carbocycles. The molecule has 1 fully saturated rings. The van der Waals surface area contributed by atoms with E-state index in [0.29, 0.717) is 5.57 Å². The number of aliphatic hydroxyl groups is 1. The van der Waals surface area contributed by atoms with Crippen molar-refractivity contribution in [3.8, 4) is 0 Å². The molecule has 2 aliphatic rings. The van der Waals surface area contributed by atoms with Gasteiger partial charge in [-0.25, -0.2) is 0 Å². The van der Waals surface area contributed by atoms with Crippen molar-refractivity contribution >= 4 is 11.4 Å². The second-order valence-electron chi connectivity index (χ2n) is 10.2. The lowest BCUT2D eigenvalue weighted by molar-refractivity contribution is -0.120. The zero-order valence-corrected chi connectivity index (χ0v) is 17.8. The topological polar surface area (TPSA) is 49.8 Å². The van der Waals surface area contributed by atoms with Crippen LogP contribution in [0.15, 0.2) is 47.6 Å². The summed E-state index contributed by atoms with van der Waals surface area (Å²) in [5.74, 6) is -0.0195. The van der Waals surface area contributed by atoms with Gasteiger partial charge < -0.3 is 9.84 Å². The van der Waals surface area contributed by atoms with Gasteiger partial charge in [0, 0.05) is 11.1 Å². The molecule has 27 heavy (non-hydrogen) atoms. The molecule has 3 atom stereocenters. The summed E-state index contributed by atoms with van der Waals surface area (Å²) in [6.07, 6.45) is 1.20. The number of ketones is 1. The largest absolute Gasteiger partial charge is 0.382 e. The van der Waals surface area contributed by atoms with Crippen LogP contribution in [0.25, 0.3) is 5.57 Å². The van der Waals surface area contributed by atoms with Crippen LogP contribution in [-0.2, 0) is 9.53 Å². The first-order chi connectivity index (χ1) is 12.3. The molecule has 1 N–H and O–H groups in total. The normalized spacial score (nSPS) is 30.5. The van der Waals surface area contributed by atoms with Crippen LogP contribution in [0.1, 0.15) is 61.0 Å². The summed E-state index contributed by atoms with van der Waals surface area (Å²) in [4.78, 5) is 13.7. The van der Waals surface area contributed by atoms with E-state index in [9.17, 15) is 9.90 Å². The summed E-state index contributed by atoms with van der Waals surface area (Å²) in [6, 6.07) is 9.92. The fourth-order valence-corrected chi connectivity index (χ4v) is 4.24. The fraction of sp³-hybridized carbons (Fsp3) is 0.542. The predicted molar refractivity (Wildman–Crippen MR) is 109 cm³/mol. The highest BCUT2D eigenvalue weighted by Crippen LogP contribution is 2.62. The highest BCUT2D eigenvalue weighted by atomic mass is 16.6. The molecule has 3 heteroatoms. The highest BCUT2D eigenvalue weighted by Gasteiger charge is 2.76. The van der Waals surface area contributed by atoms with Crippen LogP contribution in [0.2, 0.25) is 0 Å². The Morgan fingerprint density at radius 1 is 1.04 bits per heavy atom. The Morgan fingerprint density at radius 3 is 2.04 bits per heavy atom. The van der Waals surface area contributed by atoms with E-state index in [1.165, 1.54) is 0 Å². The molecule has 0 amide bonds. The smallest absolute Gasteiger partial charge is 0.198 e. The molecule has 1 aromatic carbocycles. The Balaban J connectivity index is 2.28. The molecule has 3 rings (SSSR count). The van der Waals surface area contributed by atoms with Crippen molar-refractivity contribution in [1.82, 2.24) is 0 Å². The Hall–Kier alpha value is -1.71. The van der Waals surface area contributed by atoms with Crippen LogP contribution in [-0.4, -0.2) is 28.2 Å². The minimum absolute atomic E-state index is 0.0195. The van der Waals surface area contributed by atoms with E-state index in [1.54, 1.807) is 6.08 Å². The molecule has 1 aliphatic carbocycles. The Bertz CT molecular complexity index is 829. The van der Waals surface area contributed by atoms with E-state index in [0.717, 1.165) is 16.7 Å².